The molecule has 4 nitrogen and oxygen atoms in total. The van der Waals surface area contributed by atoms with Crippen molar-refractivity contribution in [3.05, 3.63) is 29.6 Å². The number of aryl methyl sites for hydroxylation is 1. The number of aromatic nitrogens is 1. The first-order chi connectivity index (χ1) is 5.79. The number of pyridine rings is 1. The maximum atomic E-state index is 11.1. The van der Waals surface area contributed by atoms with Crippen molar-refractivity contribution in [3.63, 3.8) is 0 Å². The van der Waals surface area contributed by atoms with Gasteiger partial charge in [0.1, 0.15) is 0 Å². The van der Waals surface area contributed by atoms with Gasteiger partial charge in [0.15, 0.2) is 0 Å². The average molecular weight is 165 g/mol. The highest BCUT2D eigenvalue weighted by Gasteiger charge is 2.07. The number of amides is 1. The number of hydrogen-bond acceptors (Lipinski definition) is 3. The minimum absolute atomic E-state index is 0.292. The Morgan fingerprint density at radius 3 is 3.08 bits per heavy atom. The van der Waals surface area contributed by atoms with Crippen molar-refractivity contribution in [1.82, 2.24) is 10.4 Å². The molecule has 1 aromatic rings. The fourth-order valence-electron chi connectivity index (χ4n) is 1.01. The molecule has 0 aliphatic rings. The van der Waals surface area contributed by atoms with Crippen LogP contribution in [0, 0.1) is 0 Å². The highest BCUT2D eigenvalue weighted by Crippen LogP contribution is 2.06. The number of hydrazine groups is 1. The van der Waals surface area contributed by atoms with Gasteiger partial charge in [0.2, 0.25) is 0 Å². The van der Waals surface area contributed by atoms with E-state index in [1.54, 1.807) is 6.20 Å². The number of nitrogens with one attached hydrogen (secondary N) is 1. The van der Waals surface area contributed by atoms with E-state index in [1.807, 2.05) is 13.0 Å². The fourth-order valence-corrected chi connectivity index (χ4v) is 1.01. The lowest BCUT2D eigenvalue weighted by Gasteiger charge is -2.03. The van der Waals surface area contributed by atoms with Crippen LogP contribution in [-0.2, 0) is 6.42 Å². The monoisotopic (exact) mass is 165 g/mol. The number of nitrogen functional groups attached to an aromatic ring is 1. The van der Waals surface area contributed by atoms with Gasteiger partial charge in [-0.05, 0) is 18.1 Å². The molecule has 0 radical (unpaired) electrons. The molecule has 0 aliphatic carbocycles. The Kier molecular flexibility index (Phi) is 2.76. The van der Waals surface area contributed by atoms with Crippen LogP contribution in [-0.4, -0.2) is 10.9 Å². The van der Waals surface area contributed by atoms with E-state index in [0.29, 0.717) is 5.56 Å². The van der Waals surface area contributed by atoms with Crippen molar-refractivity contribution >= 4 is 5.91 Å². The van der Waals surface area contributed by atoms with Crippen LogP contribution in [0.4, 0.5) is 0 Å². The first kappa shape index (κ1) is 8.67. The molecule has 0 saturated heterocycles. The SMILES string of the molecule is CCc1ccncc1C(=O)NN. The van der Waals surface area contributed by atoms with Crippen molar-refractivity contribution in [3.8, 4) is 0 Å². The molecule has 4 heteroatoms. The zero-order valence-electron chi connectivity index (χ0n) is 6.87. The molecule has 1 amide bonds. The number of carbonyl (C=O) groups is 1. The Labute approximate surface area is 70.8 Å². The summed E-state index contributed by atoms with van der Waals surface area (Å²) in [5.41, 5.74) is 3.57. The summed E-state index contributed by atoms with van der Waals surface area (Å²) < 4.78 is 0. The van der Waals surface area contributed by atoms with Gasteiger partial charge < -0.3 is 0 Å². The number of rotatable bonds is 2. The molecule has 1 aromatic heterocycles. The summed E-state index contributed by atoms with van der Waals surface area (Å²) in [6.45, 7) is 1.97. The lowest BCUT2D eigenvalue weighted by atomic mass is 10.1. The Morgan fingerprint density at radius 2 is 2.50 bits per heavy atom. The summed E-state index contributed by atoms with van der Waals surface area (Å²) in [7, 11) is 0. The van der Waals surface area contributed by atoms with E-state index in [-0.39, 0.29) is 5.91 Å². The number of hydrogen-bond donors (Lipinski definition) is 2. The lowest BCUT2D eigenvalue weighted by Crippen LogP contribution is -2.30. The quantitative estimate of drug-likeness (QED) is 0.375. The molecule has 1 heterocycles. The van der Waals surface area contributed by atoms with E-state index in [1.165, 1.54) is 6.20 Å². The summed E-state index contributed by atoms with van der Waals surface area (Å²) >= 11 is 0. The Hall–Kier alpha value is -1.42. The van der Waals surface area contributed by atoms with E-state index in [9.17, 15) is 4.79 Å². The van der Waals surface area contributed by atoms with Crippen LogP contribution >= 0.6 is 0 Å². The summed E-state index contributed by atoms with van der Waals surface area (Å²) in [6.07, 6.45) is 3.97. The zero-order valence-corrected chi connectivity index (χ0v) is 6.87. The molecular weight excluding hydrogens is 154 g/mol. The second-order valence-corrected chi connectivity index (χ2v) is 2.36. The number of nitrogens with two attached hydrogens (primary N) is 1. The van der Waals surface area contributed by atoms with Crippen molar-refractivity contribution in [2.75, 3.05) is 0 Å². The van der Waals surface area contributed by atoms with Crippen molar-refractivity contribution in [1.29, 1.82) is 0 Å². The van der Waals surface area contributed by atoms with E-state index in [0.717, 1.165) is 12.0 Å². The predicted molar refractivity (Wildman–Crippen MR) is 45.3 cm³/mol. The van der Waals surface area contributed by atoms with Gasteiger partial charge in [0.05, 0.1) is 5.56 Å². The predicted octanol–water partition coefficient (Wildman–Crippen LogP) is 0.247. The molecule has 0 spiro atoms. The van der Waals surface area contributed by atoms with E-state index in [2.05, 4.69) is 10.4 Å². The maximum absolute atomic E-state index is 11.1. The molecule has 0 atom stereocenters. The van der Waals surface area contributed by atoms with Crippen LogP contribution in [0.25, 0.3) is 0 Å². The lowest BCUT2D eigenvalue weighted by molar-refractivity contribution is 0.0952. The van der Waals surface area contributed by atoms with Crippen molar-refractivity contribution < 1.29 is 4.79 Å². The van der Waals surface area contributed by atoms with Crippen LogP contribution in [0.2, 0.25) is 0 Å². The van der Waals surface area contributed by atoms with Crippen molar-refractivity contribution in [2.24, 2.45) is 5.84 Å². The van der Waals surface area contributed by atoms with Gasteiger partial charge in [0, 0.05) is 12.4 Å². The molecule has 12 heavy (non-hydrogen) atoms. The Bertz CT molecular complexity index is 285. The van der Waals surface area contributed by atoms with E-state index < -0.39 is 0 Å². The molecule has 3 N–H and O–H groups in total. The Morgan fingerprint density at radius 1 is 1.75 bits per heavy atom. The van der Waals surface area contributed by atoms with Crippen LogP contribution in [0.5, 0.6) is 0 Å². The van der Waals surface area contributed by atoms with Gasteiger partial charge in [0.25, 0.3) is 5.91 Å². The standard InChI is InChI=1S/C8H11N3O/c1-2-6-3-4-10-5-7(6)8(12)11-9/h3-5H,2,9H2,1H3,(H,11,12). The molecule has 64 valence electrons. The first-order valence-electron chi connectivity index (χ1n) is 3.73. The third-order valence-corrected chi connectivity index (χ3v) is 1.67. The van der Waals surface area contributed by atoms with Gasteiger partial charge >= 0.3 is 0 Å². The average Bonchev–Trinajstić information content (AvgIpc) is 2.16. The van der Waals surface area contributed by atoms with Crippen LogP contribution in [0.1, 0.15) is 22.8 Å². The normalized spacial score (nSPS) is 9.50. The van der Waals surface area contributed by atoms with Crippen LogP contribution in [0.3, 0.4) is 0 Å². The van der Waals surface area contributed by atoms with Crippen LogP contribution in [0.15, 0.2) is 18.5 Å². The smallest absolute Gasteiger partial charge is 0.267 e. The number of nitrogens with zero attached hydrogens (tertiary/aromatic N) is 1. The zero-order chi connectivity index (χ0) is 8.97. The molecular formula is C8H11N3O. The largest absolute Gasteiger partial charge is 0.290 e. The van der Waals surface area contributed by atoms with Gasteiger partial charge in [-0.25, -0.2) is 5.84 Å². The molecule has 0 aromatic carbocycles. The molecule has 1 rings (SSSR count). The topological polar surface area (TPSA) is 68.0 Å². The molecule has 0 bridgehead atoms. The first-order valence-corrected chi connectivity index (χ1v) is 3.73. The third kappa shape index (κ3) is 1.60. The van der Waals surface area contributed by atoms with Gasteiger partial charge in [-0.2, -0.15) is 0 Å². The van der Waals surface area contributed by atoms with E-state index in [4.69, 9.17) is 5.84 Å². The summed E-state index contributed by atoms with van der Waals surface area (Å²) in [6, 6.07) is 1.81. The molecule has 0 saturated carbocycles. The minimum atomic E-state index is -0.292. The third-order valence-electron chi connectivity index (χ3n) is 1.67. The highest BCUT2D eigenvalue weighted by atomic mass is 16.2. The number of carbonyl (C=O) groups excluding carboxylic acids is 1. The second kappa shape index (κ2) is 3.82. The summed E-state index contributed by atoms with van der Waals surface area (Å²) in [5, 5.41) is 0. The fraction of sp³-hybridized carbons (Fsp3) is 0.250. The molecule has 0 aliphatic heterocycles. The van der Waals surface area contributed by atoms with Gasteiger partial charge in [-0.15, -0.1) is 0 Å². The highest BCUT2D eigenvalue weighted by molar-refractivity contribution is 5.94. The van der Waals surface area contributed by atoms with Gasteiger partial charge in [-0.1, -0.05) is 6.92 Å². The van der Waals surface area contributed by atoms with Crippen LogP contribution < -0.4 is 11.3 Å². The van der Waals surface area contributed by atoms with E-state index >= 15 is 0 Å². The Balaban J connectivity index is 3.04. The van der Waals surface area contributed by atoms with Gasteiger partial charge in [-0.3, -0.25) is 15.2 Å². The molecule has 0 unspecified atom stereocenters. The minimum Gasteiger partial charge on any atom is -0.290 e. The van der Waals surface area contributed by atoms with Crippen molar-refractivity contribution in [2.45, 2.75) is 13.3 Å². The maximum Gasteiger partial charge on any atom is 0.267 e. The summed E-state index contributed by atoms with van der Waals surface area (Å²) in [4.78, 5) is 15.0. The summed E-state index contributed by atoms with van der Waals surface area (Å²) in [5.74, 6) is 4.71. The molecule has 0 fully saturated rings. The second-order valence-electron chi connectivity index (χ2n) is 2.36.